The molecule has 8 heteroatoms. The number of benzene rings is 3. The molecule has 2 heterocycles. The Bertz CT molecular complexity index is 1380. The molecule has 0 aliphatic heterocycles. The normalized spacial score (nSPS) is 13.0. The van der Waals surface area contributed by atoms with Gasteiger partial charge in [0.15, 0.2) is 0 Å². The lowest BCUT2D eigenvalue weighted by atomic mass is 10.1. The van der Waals surface area contributed by atoms with Crippen molar-refractivity contribution < 1.29 is 0 Å². The van der Waals surface area contributed by atoms with Crippen molar-refractivity contribution in [1.82, 2.24) is 30.0 Å². The molecule has 0 fully saturated rings. The second-order valence-electron chi connectivity index (χ2n) is 11.3. The van der Waals surface area contributed by atoms with Crippen molar-refractivity contribution in [2.45, 2.75) is 103 Å². The van der Waals surface area contributed by atoms with E-state index in [0.717, 1.165) is 59.1 Å². The maximum absolute atomic E-state index is 4.54. The summed E-state index contributed by atoms with van der Waals surface area (Å²) in [6.07, 6.45) is 14.5. The number of aromatic nitrogens is 6. The highest BCUT2D eigenvalue weighted by Crippen LogP contribution is 2.27. The number of anilines is 2. The number of nitrogens with zero attached hydrogens (tertiary/aromatic N) is 6. The molecule has 0 unspecified atom stereocenters. The molecule has 5 rings (SSSR count). The Morgan fingerprint density at radius 3 is 1.36 bits per heavy atom. The van der Waals surface area contributed by atoms with Gasteiger partial charge in [0, 0.05) is 11.4 Å². The third-order valence-corrected chi connectivity index (χ3v) is 8.06. The first kappa shape index (κ1) is 29.5. The molecular formula is C34H46N8. The predicted molar refractivity (Wildman–Crippen MR) is 174 cm³/mol. The summed E-state index contributed by atoms with van der Waals surface area (Å²) in [5, 5.41) is 25.4. The molecule has 0 aliphatic carbocycles. The van der Waals surface area contributed by atoms with Crippen molar-refractivity contribution in [3.63, 3.8) is 0 Å². The summed E-state index contributed by atoms with van der Waals surface area (Å²) in [5.74, 6) is 0. The number of rotatable bonds is 18. The molecule has 5 aromatic rings. The molecule has 0 saturated carbocycles. The van der Waals surface area contributed by atoms with E-state index in [2.05, 4.69) is 93.6 Å². The standard InChI is InChI=1S/C34H46N8/c1-3-5-7-9-11-21-33(41-31-19-15-13-17-29(31)37-39-41)35-27-23-25-28(26-24-27)36-34(22-12-10-8-6-4-2)42-32-20-16-14-18-30(32)38-40-42/h13-20,23-26,33-36H,3-12,21-22H2,1-2H3/t33-,34+. The summed E-state index contributed by atoms with van der Waals surface area (Å²) in [7, 11) is 0. The molecule has 0 bridgehead atoms. The summed E-state index contributed by atoms with van der Waals surface area (Å²) >= 11 is 0. The van der Waals surface area contributed by atoms with Gasteiger partial charge < -0.3 is 10.6 Å². The third-order valence-electron chi connectivity index (χ3n) is 8.06. The Morgan fingerprint density at radius 1 is 0.524 bits per heavy atom. The number of hydrogen-bond acceptors (Lipinski definition) is 6. The van der Waals surface area contributed by atoms with E-state index in [0.29, 0.717) is 0 Å². The van der Waals surface area contributed by atoms with Crippen LogP contribution in [0.5, 0.6) is 0 Å². The van der Waals surface area contributed by atoms with Crippen molar-refractivity contribution in [1.29, 1.82) is 0 Å². The van der Waals surface area contributed by atoms with Crippen LogP contribution in [0.15, 0.2) is 72.8 Å². The minimum Gasteiger partial charge on any atom is -0.364 e. The third kappa shape index (κ3) is 7.66. The van der Waals surface area contributed by atoms with Crippen LogP contribution in [0.2, 0.25) is 0 Å². The predicted octanol–water partition coefficient (Wildman–Crippen LogP) is 9.12. The van der Waals surface area contributed by atoms with Gasteiger partial charge in [0.2, 0.25) is 0 Å². The van der Waals surface area contributed by atoms with Crippen LogP contribution in [0.3, 0.4) is 0 Å². The first-order chi connectivity index (χ1) is 20.8. The molecule has 222 valence electrons. The van der Waals surface area contributed by atoms with E-state index in [4.69, 9.17) is 0 Å². The van der Waals surface area contributed by atoms with E-state index in [1.807, 2.05) is 33.6 Å². The molecule has 0 saturated heterocycles. The van der Waals surface area contributed by atoms with Crippen LogP contribution in [-0.4, -0.2) is 30.0 Å². The highest BCUT2D eigenvalue weighted by Gasteiger charge is 2.18. The molecule has 0 amide bonds. The van der Waals surface area contributed by atoms with Crippen molar-refractivity contribution in [3.05, 3.63) is 72.8 Å². The molecule has 8 nitrogen and oxygen atoms in total. The van der Waals surface area contributed by atoms with E-state index < -0.39 is 0 Å². The van der Waals surface area contributed by atoms with E-state index in [9.17, 15) is 0 Å². The molecule has 2 atom stereocenters. The zero-order valence-corrected chi connectivity index (χ0v) is 25.3. The van der Waals surface area contributed by atoms with E-state index in [1.165, 1.54) is 51.4 Å². The first-order valence-electron chi connectivity index (χ1n) is 16.0. The number of unbranched alkanes of at least 4 members (excludes halogenated alkanes) is 8. The summed E-state index contributed by atoms with van der Waals surface area (Å²) in [4.78, 5) is 0. The number of hydrogen-bond donors (Lipinski definition) is 2. The second-order valence-corrected chi connectivity index (χ2v) is 11.3. The molecule has 2 aromatic heterocycles. The molecular weight excluding hydrogens is 520 g/mol. The molecule has 42 heavy (non-hydrogen) atoms. The Kier molecular flexibility index (Phi) is 10.8. The average molecular weight is 567 g/mol. The van der Waals surface area contributed by atoms with Gasteiger partial charge in [-0.2, -0.15) is 0 Å². The van der Waals surface area contributed by atoms with Crippen molar-refractivity contribution in [2.75, 3.05) is 10.6 Å². The number of fused-ring (bicyclic) bond motifs is 2. The van der Waals surface area contributed by atoms with Crippen LogP contribution in [0.25, 0.3) is 22.1 Å². The van der Waals surface area contributed by atoms with E-state index in [1.54, 1.807) is 0 Å². The van der Waals surface area contributed by atoms with Crippen molar-refractivity contribution in [2.24, 2.45) is 0 Å². The van der Waals surface area contributed by atoms with Crippen molar-refractivity contribution >= 4 is 33.4 Å². The Morgan fingerprint density at radius 2 is 0.929 bits per heavy atom. The lowest BCUT2D eigenvalue weighted by molar-refractivity contribution is 0.444. The van der Waals surface area contributed by atoms with Gasteiger partial charge >= 0.3 is 0 Å². The highest BCUT2D eigenvalue weighted by atomic mass is 15.5. The summed E-state index contributed by atoms with van der Waals surface area (Å²) in [5.41, 5.74) is 6.11. The van der Waals surface area contributed by atoms with E-state index >= 15 is 0 Å². The van der Waals surface area contributed by atoms with Gasteiger partial charge in [-0.15, -0.1) is 10.2 Å². The topological polar surface area (TPSA) is 85.5 Å². The monoisotopic (exact) mass is 566 g/mol. The number of para-hydroxylation sites is 2. The molecule has 0 aliphatic rings. The zero-order valence-electron chi connectivity index (χ0n) is 25.3. The molecule has 2 N–H and O–H groups in total. The summed E-state index contributed by atoms with van der Waals surface area (Å²) in [6, 6.07) is 25.0. The van der Waals surface area contributed by atoms with Gasteiger partial charge in [-0.3, -0.25) is 0 Å². The van der Waals surface area contributed by atoms with Crippen LogP contribution in [0.4, 0.5) is 11.4 Å². The zero-order chi connectivity index (χ0) is 29.0. The average Bonchev–Trinajstić information content (AvgIpc) is 3.65. The fourth-order valence-corrected chi connectivity index (χ4v) is 5.68. The van der Waals surface area contributed by atoms with Gasteiger partial charge in [-0.1, -0.05) is 99.9 Å². The van der Waals surface area contributed by atoms with E-state index in [-0.39, 0.29) is 12.3 Å². The summed E-state index contributed by atoms with van der Waals surface area (Å²) in [6.45, 7) is 4.52. The van der Waals surface area contributed by atoms with Crippen LogP contribution < -0.4 is 10.6 Å². The fraction of sp³-hybridized carbons (Fsp3) is 0.471. The number of nitrogens with one attached hydrogen (secondary N) is 2. The summed E-state index contributed by atoms with van der Waals surface area (Å²) < 4.78 is 4.09. The first-order valence-corrected chi connectivity index (χ1v) is 16.0. The van der Waals surface area contributed by atoms with Gasteiger partial charge in [-0.25, -0.2) is 9.36 Å². The highest BCUT2D eigenvalue weighted by molar-refractivity contribution is 5.75. The Balaban J connectivity index is 1.29. The van der Waals surface area contributed by atoms with Crippen LogP contribution in [0, 0.1) is 0 Å². The van der Waals surface area contributed by atoms with Gasteiger partial charge in [0.1, 0.15) is 23.4 Å². The lowest BCUT2D eigenvalue weighted by Gasteiger charge is -2.23. The maximum Gasteiger partial charge on any atom is 0.123 e. The van der Waals surface area contributed by atoms with Crippen LogP contribution in [0.1, 0.15) is 103 Å². The van der Waals surface area contributed by atoms with Gasteiger partial charge in [-0.05, 0) is 74.2 Å². The molecule has 0 spiro atoms. The quantitative estimate of drug-likeness (QED) is 0.103. The minimum atomic E-state index is 0.0372. The Labute approximate surface area is 249 Å². The second kappa shape index (κ2) is 15.3. The molecule has 0 radical (unpaired) electrons. The SMILES string of the molecule is CCCCCCC[C@H](Nc1ccc(N[C@H](CCCCCCC)n2nnc3ccccc32)cc1)n1nnc2ccccc21. The lowest BCUT2D eigenvalue weighted by Crippen LogP contribution is -2.21. The Hall–Kier alpha value is -3.94. The van der Waals surface area contributed by atoms with Crippen LogP contribution in [-0.2, 0) is 0 Å². The molecule has 3 aromatic carbocycles. The fourth-order valence-electron chi connectivity index (χ4n) is 5.68. The van der Waals surface area contributed by atoms with Crippen LogP contribution >= 0.6 is 0 Å². The smallest absolute Gasteiger partial charge is 0.123 e. The van der Waals surface area contributed by atoms with Gasteiger partial charge in [0.05, 0.1) is 11.0 Å². The van der Waals surface area contributed by atoms with Gasteiger partial charge in [0.25, 0.3) is 0 Å². The largest absolute Gasteiger partial charge is 0.364 e. The minimum absolute atomic E-state index is 0.0372. The van der Waals surface area contributed by atoms with Crippen molar-refractivity contribution in [3.8, 4) is 0 Å². The maximum atomic E-state index is 4.54.